The zero-order valence-electron chi connectivity index (χ0n) is 20.9. The number of methoxy groups -OCH3 is 1. The molecule has 2 amide bonds. The summed E-state index contributed by atoms with van der Waals surface area (Å²) in [5, 5.41) is 3.21. The topological polar surface area (TPSA) is 88.5 Å². The van der Waals surface area contributed by atoms with E-state index in [1.165, 1.54) is 13.8 Å². The molecule has 1 aliphatic rings. The molecule has 1 unspecified atom stereocenters. The van der Waals surface area contributed by atoms with E-state index in [4.69, 9.17) is 16.3 Å². The predicted octanol–water partition coefficient (Wildman–Crippen LogP) is 7.01. The zero-order chi connectivity index (χ0) is 30.0. The molecule has 1 aliphatic heterocycles. The number of halogens is 7. The van der Waals surface area contributed by atoms with Crippen LogP contribution < -0.4 is 4.31 Å². The number of benzene rings is 2. The third kappa shape index (κ3) is 6.46. The highest BCUT2D eigenvalue weighted by molar-refractivity contribution is 8.15. The molecule has 0 N–H and O–H groups in total. The van der Waals surface area contributed by atoms with Crippen molar-refractivity contribution in [2.24, 2.45) is 10.5 Å². The lowest BCUT2D eigenvalue weighted by Gasteiger charge is -2.26. The van der Waals surface area contributed by atoms with E-state index in [1.807, 2.05) is 0 Å². The standard InChI is InChI=1S/C24H20ClF6N3O5S/c1-4-39-19(35)22(2)12-33(32-18(22)13-5-10-16(17(25)11-13)24(29,30)31)20(36)34(40-21(37)38-3)15-8-6-14(7-9-15)23(26,27)28/h5-11H,4,12H2,1-3H3. The van der Waals surface area contributed by atoms with Crippen LogP contribution in [0.4, 0.5) is 41.6 Å². The molecule has 3 rings (SSSR count). The van der Waals surface area contributed by atoms with Crippen molar-refractivity contribution >= 4 is 52.2 Å². The van der Waals surface area contributed by atoms with Gasteiger partial charge in [-0.3, -0.25) is 4.79 Å². The molecule has 0 spiro atoms. The van der Waals surface area contributed by atoms with Gasteiger partial charge in [0.15, 0.2) is 0 Å². The Bertz CT molecular complexity index is 1340. The van der Waals surface area contributed by atoms with E-state index in [9.17, 15) is 40.7 Å². The molecule has 0 aromatic heterocycles. The second kappa shape index (κ2) is 11.6. The molecule has 2 aromatic carbocycles. The van der Waals surface area contributed by atoms with E-state index in [0.717, 1.165) is 36.4 Å². The molecule has 0 bridgehead atoms. The van der Waals surface area contributed by atoms with Crippen molar-refractivity contribution in [1.29, 1.82) is 0 Å². The monoisotopic (exact) mass is 611 g/mol. The molecule has 2 aromatic rings. The van der Waals surface area contributed by atoms with E-state index in [2.05, 4.69) is 9.84 Å². The fourth-order valence-electron chi connectivity index (χ4n) is 3.68. The number of amides is 2. The third-order valence-electron chi connectivity index (χ3n) is 5.64. The predicted molar refractivity (Wildman–Crippen MR) is 134 cm³/mol. The maximum Gasteiger partial charge on any atom is 0.417 e. The summed E-state index contributed by atoms with van der Waals surface area (Å²) in [6.45, 7) is 2.31. The highest BCUT2D eigenvalue weighted by atomic mass is 35.5. The number of hydrogen-bond acceptors (Lipinski definition) is 7. The second-order valence-electron chi connectivity index (χ2n) is 8.42. The fourth-order valence-corrected chi connectivity index (χ4v) is 4.59. The largest absolute Gasteiger partial charge is 0.465 e. The van der Waals surface area contributed by atoms with Gasteiger partial charge in [-0.15, -0.1) is 0 Å². The Morgan fingerprint density at radius 2 is 1.70 bits per heavy atom. The number of esters is 1. The van der Waals surface area contributed by atoms with Crippen molar-refractivity contribution in [3.05, 3.63) is 64.2 Å². The van der Waals surface area contributed by atoms with Gasteiger partial charge in [0, 0.05) is 5.56 Å². The zero-order valence-corrected chi connectivity index (χ0v) is 22.5. The van der Waals surface area contributed by atoms with E-state index in [1.54, 1.807) is 0 Å². The molecule has 0 fully saturated rings. The number of urea groups is 1. The van der Waals surface area contributed by atoms with E-state index >= 15 is 0 Å². The molecule has 8 nitrogen and oxygen atoms in total. The lowest BCUT2D eigenvalue weighted by Crippen LogP contribution is -2.44. The van der Waals surface area contributed by atoms with Crippen LogP contribution >= 0.6 is 23.5 Å². The molecular formula is C24H20ClF6N3O5S. The average molecular weight is 612 g/mol. The van der Waals surface area contributed by atoms with E-state index in [-0.39, 0.29) is 35.5 Å². The molecule has 40 heavy (non-hydrogen) atoms. The Morgan fingerprint density at radius 3 is 2.20 bits per heavy atom. The average Bonchev–Trinajstić information content (AvgIpc) is 3.24. The van der Waals surface area contributed by atoms with Gasteiger partial charge in [-0.05, 0) is 50.2 Å². The third-order valence-corrected chi connectivity index (χ3v) is 6.82. The van der Waals surface area contributed by atoms with Crippen LogP contribution in [0.3, 0.4) is 0 Å². The van der Waals surface area contributed by atoms with Crippen molar-refractivity contribution in [2.45, 2.75) is 26.2 Å². The number of anilines is 1. The fraction of sp³-hybridized carbons (Fsp3) is 0.333. The van der Waals surface area contributed by atoms with Gasteiger partial charge in [0.1, 0.15) is 5.41 Å². The van der Waals surface area contributed by atoms with Crippen molar-refractivity contribution in [1.82, 2.24) is 5.01 Å². The van der Waals surface area contributed by atoms with Crippen molar-refractivity contribution in [3.63, 3.8) is 0 Å². The van der Waals surface area contributed by atoms with Crippen LogP contribution in [0.15, 0.2) is 47.6 Å². The van der Waals surface area contributed by atoms with E-state index < -0.39 is 57.8 Å². The molecule has 1 atom stereocenters. The summed E-state index contributed by atoms with van der Waals surface area (Å²) >= 11 is 6.06. The van der Waals surface area contributed by atoms with Gasteiger partial charge in [-0.2, -0.15) is 31.4 Å². The number of hydrazone groups is 1. The number of ether oxygens (including phenoxy) is 2. The first-order chi connectivity index (χ1) is 18.5. The SMILES string of the molecule is CCOC(=O)C1(C)CN(C(=O)N(SC(=O)OC)c2ccc(C(F)(F)F)cc2)N=C1c1ccc(C(F)(F)F)c(Cl)c1. The van der Waals surface area contributed by atoms with Gasteiger partial charge < -0.3 is 9.47 Å². The Hall–Kier alpha value is -3.46. The van der Waals surface area contributed by atoms with Crippen LogP contribution in [0, 0.1) is 5.41 Å². The van der Waals surface area contributed by atoms with Gasteiger partial charge in [-0.1, -0.05) is 17.7 Å². The Kier molecular flexibility index (Phi) is 8.99. The summed E-state index contributed by atoms with van der Waals surface area (Å²) in [5.41, 5.74) is -4.19. The van der Waals surface area contributed by atoms with Gasteiger partial charge >= 0.3 is 29.7 Å². The first-order valence-corrected chi connectivity index (χ1v) is 12.4. The maximum absolute atomic E-state index is 13.5. The Balaban J connectivity index is 2.08. The van der Waals surface area contributed by atoms with Crippen LogP contribution in [-0.2, 0) is 26.6 Å². The highest BCUT2D eigenvalue weighted by Gasteiger charge is 2.50. The van der Waals surface area contributed by atoms with Crippen LogP contribution in [0.2, 0.25) is 5.02 Å². The Morgan fingerprint density at radius 1 is 1.07 bits per heavy atom. The van der Waals surface area contributed by atoms with Crippen LogP contribution in [0.5, 0.6) is 0 Å². The second-order valence-corrected chi connectivity index (χ2v) is 9.71. The maximum atomic E-state index is 13.5. The number of carbonyl (C=O) groups is 3. The summed E-state index contributed by atoms with van der Waals surface area (Å²) in [4.78, 5) is 38.5. The molecular weight excluding hydrogens is 592 g/mol. The first-order valence-electron chi connectivity index (χ1n) is 11.2. The van der Waals surface area contributed by atoms with E-state index in [0.29, 0.717) is 22.5 Å². The molecule has 0 saturated carbocycles. The lowest BCUT2D eigenvalue weighted by atomic mass is 9.82. The van der Waals surface area contributed by atoms with Gasteiger partial charge in [0.05, 0.1) is 59.8 Å². The van der Waals surface area contributed by atoms with Gasteiger partial charge in [-0.25, -0.2) is 18.9 Å². The van der Waals surface area contributed by atoms with Crippen LogP contribution in [-0.4, -0.2) is 48.3 Å². The molecule has 216 valence electrons. The summed E-state index contributed by atoms with van der Waals surface area (Å²) in [6, 6.07) is 4.85. The van der Waals surface area contributed by atoms with Gasteiger partial charge in [0.2, 0.25) is 0 Å². The lowest BCUT2D eigenvalue weighted by molar-refractivity contribution is -0.150. The minimum absolute atomic E-state index is 0.0226. The van der Waals surface area contributed by atoms with Crippen molar-refractivity contribution in [3.8, 4) is 0 Å². The quantitative estimate of drug-likeness (QED) is 0.210. The summed E-state index contributed by atoms with van der Waals surface area (Å²) in [6.07, 6.45) is -9.42. The minimum atomic E-state index is -4.76. The molecule has 16 heteroatoms. The minimum Gasteiger partial charge on any atom is -0.465 e. The first kappa shape index (κ1) is 31.1. The molecule has 0 radical (unpaired) electrons. The number of carbonyl (C=O) groups excluding carboxylic acids is 3. The number of rotatable bonds is 4. The number of alkyl halides is 6. The molecule has 0 aliphatic carbocycles. The smallest absolute Gasteiger partial charge is 0.417 e. The van der Waals surface area contributed by atoms with Crippen molar-refractivity contribution < 1.29 is 50.2 Å². The van der Waals surface area contributed by atoms with Crippen LogP contribution in [0.1, 0.15) is 30.5 Å². The highest BCUT2D eigenvalue weighted by Crippen LogP contribution is 2.39. The summed E-state index contributed by atoms with van der Waals surface area (Å²) in [7, 11) is 1.02. The van der Waals surface area contributed by atoms with Crippen molar-refractivity contribution in [2.75, 3.05) is 24.6 Å². The summed E-state index contributed by atoms with van der Waals surface area (Å²) < 4.78 is 89.2. The number of hydrogen-bond donors (Lipinski definition) is 0. The molecule has 1 heterocycles. The molecule has 0 saturated heterocycles. The number of nitrogens with zero attached hydrogens (tertiary/aromatic N) is 3. The summed E-state index contributed by atoms with van der Waals surface area (Å²) in [5.74, 6) is -0.859. The van der Waals surface area contributed by atoms with Gasteiger partial charge in [0.25, 0.3) is 0 Å². The normalized spacial score (nSPS) is 17.4. The van der Waals surface area contributed by atoms with Crippen LogP contribution in [0.25, 0.3) is 0 Å². The Labute approximate surface area is 233 Å².